The number of sulfonamides is 1. The molecule has 7 heteroatoms. The van der Waals surface area contributed by atoms with E-state index in [1.807, 2.05) is 11.0 Å². The molecule has 3 heterocycles. The second kappa shape index (κ2) is 7.89. The van der Waals surface area contributed by atoms with Gasteiger partial charge in [-0.25, -0.2) is 8.42 Å². The molecule has 3 fully saturated rings. The Hall–Kier alpha value is -1.44. The maximum atomic E-state index is 12.8. The molecule has 2 unspecified atom stereocenters. The molecule has 2 atom stereocenters. The molecule has 27 heavy (non-hydrogen) atoms. The number of fused-ring (bicyclic) bond motifs is 2. The van der Waals surface area contributed by atoms with Crippen LogP contribution in [-0.4, -0.2) is 61.8 Å². The molecule has 6 nitrogen and oxygen atoms in total. The van der Waals surface area contributed by atoms with Crippen molar-refractivity contribution in [2.45, 2.75) is 55.5 Å². The number of rotatable bonds is 4. The highest BCUT2D eigenvalue weighted by Gasteiger charge is 2.35. The summed E-state index contributed by atoms with van der Waals surface area (Å²) in [5.41, 5.74) is 0. The zero-order valence-electron chi connectivity index (χ0n) is 15.7. The topological polar surface area (TPSA) is 69.7 Å². The van der Waals surface area contributed by atoms with Crippen LogP contribution in [0.15, 0.2) is 35.2 Å². The van der Waals surface area contributed by atoms with Gasteiger partial charge in [0.15, 0.2) is 0 Å². The molecule has 3 aliphatic heterocycles. The number of hydrogen-bond donors (Lipinski definition) is 1. The zero-order chi connectivity index (χ0) is 18.9. The number of carbonyl (C=O) groups is 1. The average Bonchev–Trinajstić information content (AvgIpc) is 2.87. The van der Waals surface area contributed by atoms with Gasteiger partial charge in [-0.3, -0.25) is 4.79 Å². The van der Waals surface area contributed by atoms with Crippen LogP contribution in [0.4, 0.5) is 0 Å². The van der Waals surface area contributed by atoms with Crippen LogP contribution in [0.25, 0.3) is 0 Å². The molecule has 1 amide bonds. The summed E-state index contributed by atoms with van der Waals surface area (Å²) in [4.78, 5) is 15.0. The van der Waals surface area contributed by atoms with Crippen LogP contribution in [0.2, 0.25) is 0 Å². The molecule has 148 valence electrons. The van der Waals surface area contributed by atoms with Gasteiger partial charge in [-0.05, 0) is 50.2 Å². The lowest BCUT2D eigenvalue weighted by Gasteiger charge is -2.30. The molecule has 0 saturated carbocycles. The summed E-state index contributed by atoms with van der Waals surface area (Å²) in [6.07, 6.45) is 5.99. The summed E-state index contributed by atoms with van der Waals surface area (Å²) in [6, 6.07) is 9.76. The third kappa shape index (κ3) is 4.20. The van der Waals surface area contributed by atoms with Crippen molar-refractivity contribution >= 4 is 15.9 Å². The summed E-state index contributed by atoms with van der Waals surface area (Å²) in [7, 11) is -3.48. The normalized spacial score (nSPS) is 29.5. The van der Waals surface area contributed by atoms with Crippen LogP contribution in [0, 0.1) is 5.92 Å². The average molecular weight is 392 g/mol. The minimum atomic E-state index is -3.48. The van der Waals surface area contributed by atoms with E-state index in [4.69, 9.17) is 0 Å². The molecule has 1 aromatic carbocycles. The van der Waals surface area contributed by atoms with E-state index >= 15 is 0 Å². The molecule has 2 bridgehead atoms. The summed E-state index contributed by atoms with van der Waals surface area (Å²) in [6.45, 7) is 1.99. The van der Waals surface area contributed by atoms with E-state index in [1.165, 1.54) is 17.1 Å². The van der Waals surface area contributed by atoms with E-state index in [2.05, 4.69) is 5.32 Å². The number of hydrogen-bond acceptors (Lipinski definition) is 4. The zero-order valence-corrected chi connectivity index (χ0v) is 16.5. The standard InChI is InChI=1S/C20H29N3O3S/c24-20(15-16-13-17-7-8-18(14-16)21-17)22-9-4-10-23(12-11-22)27(25,26)19-5-2-1-3-6-19/h1-3,5-6,16-18,21H,4,7-15H2. The Morgan fingerprint density at radius 2 is 1.70 bits per heavy atom. The summed E-state index contributed by atoms with van der Waals surface area (Å²) >= 11 is 0. The maximum absolute atomic E-state index is 12.8. The number of carbonyl (C=O) groups excluding carboxylic acids is 1. The van der Waals surface area contributed by atoms with Crippen LogP contribution in [0.3, 0.4) is 0 Å². The minimum Gasteiger partial charge on any atom is -0.341 e. The Kier molecular flexibility index (Phi) is 5.53. The van der Waals surface area contributed by atoms with Crippen molar-refractivity contribution < 1.29 is 13.2 Å². The first-order valence-electron chi connectivity index (χ1n) is 10.1. The number of nitrogens with one attached hydrogen (secondary N) is 1. The summed E-state index contributed by atoms with van der Waals surface area (Å²) < 4.78 is 27.2. The van der Waals surface area contributed by atoms with Crippen molar-refractivity contribution in [3.63, 3.8) is 0 Å². The fraction of sp³-hybridized carbons (Fsp3) is 0.650. The molecule has 1 N–H and O–H groups in total. The van der Waals surface area contributed by atoms with Crippen LogP contribution in [0.5, 0.6) is 0 Å². The van der Waals surface area contributed by atoms with Crippen molar-refractivity contribution in [3.05, 3.63) is 30.3 Å². The molecular weight excluding hydrogens is 362 g/mol. The van der Waals surface area contributed by atoms with Crippen molar-refractivity contribution in [2.75, 3.05) is 26.2 Å². The number of nitrogens with zero attached hydrogens (tertiary/aromatic N) is 2. The first-order chi connectivity index (χ1) is 13.0. The molecule has 0 radical (unpaired) electrons. The third-order valence-corrected chi connectivity index (χ3v) is 8.14. The summed E-state index contributed by atoms with van der Waals surface area (Å²) in [5, 5.41) is 3.62. The molecule has 3 aliphatic rings. The second-order valence-electron chi connectivity index (χ2n) is 8.13. The molecular formula is C20H29N3O3S. The predicted octanol–water partition coefficient (Wildman–Crippen LogP) is 1.83. The number of amides is 1. The lowest BCUT2D eigenvalue weighted by molar-refractivity contribution is -0.132. The van der Waals surface area contributed by atoms with Crippen molar-refractivity contribution in [1.82, 2.24) is 14.5 Å². The first-order valence-corrected chi connectivity index (χ1v) is 11.6. The number of benzene rings is 1. The highest BCUT2D eigenvalue weighted by Crippen LogP contribution is 2.33. The van der Waals surface area contributed by atoms with Crippen molar-refractivity contribution in [3.8, 4) is 0 Å². The lowest BCUT2D eigenvalue weighted by atomic mass is 9.89. The van der Waals surface area contributed by atoms with Gasteiger partial charge < -0.3 is 10.2 Å². The van der Waals surface area contributed by atoms with Gasteiger partial charge in [0, 0.05) is 44.7 Å². The first kappa shape index (κ1) is 18.9. The molecule has 0 aliphatic carbocycles. The van der Waals surface area contributed by atoms with Gasteiger partial charge in [0.1, 0.15) is 0 Å². The Bertz CT molecular complexity index is 756. The lowest BCUT2D eigenvalue weighted by Crippen LogP contribution is -2.41. The van der Waals surface area contributed by atoms with Gasteiger partial charge >= 0.3 is 0 Å². The number of piperidine rings is 1. The Labute approximate surface area is 162 Å². The SMILES string of the molecule is O=C(CC1CC2CCC(C1)N2)N1CCCN(S(=O)(=O)c2ccccc2)CC1. The molecule has 4 rings (SSSR count). The third-order valence-electron chi connectivity index (χ3n) is 6.22. The van der Waals surface area contributed by atoms with Crippen molar-refractivity contribution in [2.24, 2.45) is 5.92 Å². The highest BCUT2D eigenvalue weighted by atomic mass is 32.2. The van der Waals surface area contributed by atoms with E-state index in [1.54, 1.807) is 24.3 Å². The summed E-state index contributed by atoms with van der Waals surface area (Å²) in [5.74, 6) is 0.670. The predicted molar refractivity (Wildman–Crippen MR) is 104 cm³/mol. The van der Waals surface area contributed by atoms with Gasteiger partial charge in [0.25, 0.3) is 0 Å². The fourth-order valence-corrected chi connectivity index (χ4v) is 6.33. The second-order valence-corrected chi connectivity index (χ2v) is 10.1. The Morgan fingerprint density at radius 1 is 1.00 bits per heavy atom. The highest BCUT2D eigenvalue weighted by molar-refractivity contribution is 7.89. The molecule has 1 aromatic rings. The fourth-order valence-electron chi connectivity index (χ4n) is 4.84. The van der Waals surface area contributed by atoms with Crippen LogP contribution in [0.1, 0.15) is 38.5 Å². The van der Waals surface area contributed by atoms with E-state index in [9.17, 15) is 13.2 Å². The van der Waals surface area contributed by atoms with Gasteiger partial charge in [0.05, 0.1) is 4.90 Å². The van der Waals surface area contributed by atoms with Crippen LogP contribution < -0.4 is 5.32 Å². The van der Waals surface area contributed by atoms with Crippen LogP contribution in [-0.2, 0) is 14.8 Å². The van der Waals surface area contributed by atoms with Gasteiger partial charge in [-0.2, -0.15) is 4.31 Å². The molecule has 0 spiro atoms. The Balaban J connectivity index is 1.35. The minimum absolute atomic E-state index is 0.195. The smallest absolute Gasteiger partial charge is 0.243 e. The molecule has 3 saturated heterocycles. The van der Waals surface area contributed by atoms with E-state index in [0.29, 0.717) is 61.9 Å². The van der Waals surface area contributed by atoms with E-state index in [-0.39, 0.29) is 5.91 Å². The van der Waals surface area contributed by atoms with Gasteiger partial charge in [-0.15, -0.1) is 0 Å². The maximum Gasteiger partial charge on any atom is 0.243 e. The quantitative estimate of drug-likeness (QED) is 0.850. The molecule has 0 aromatic heterocycles. The van der Waals surface area contributed by atoms with Gasteiger partial charge in [0.2, 0.25) is 15.9 Å². The van der Waals surface area contributed by atoms with Crippen molar-refractivity contribution in [1.29, 1.82) is 0 Å². The Morgan fingerprint density at radius 3 is 2.41 bits per heavy atom. The van der Waals surface area contributed by atoms with Crippen LogP contribution >= 0.6 is 0 Å². The van der Waals surface area contributed by atoms with Gasteiger partial charge in [-0.1, -0.05) is 18.2 Å². The van der Waals surface area contributed by atoms with E-state index in [0.717, 1.165) is 12.8 Å². The van der Waals surface area contributed by atoms with E-state index < -0.39 is 10.0 Å². The largest absolute Gasteiger partial charge is 0.341 e. The monoisotopic (exact) mass is 391 g/mol.